The van der Waals surface area contributed by atoms with Gasteiger partial charge in [-0.1, -0.05) is 71.6 Å². The number of aromatic nitrogens is 2. The number of hydrogen-bond donors (Lipinski definition) is 0. The molecule has 0 fully saturated rings. The summed E-state index contributed by atoms with van der Waals surface area (Å²) in [5.74, 6) is -0.0492. The van der Waals surface area contributed by atoms with Crippen molar-refractivity contribution >= 4 is 5.97 Å². The van der Waals surface area contributed by atoms with Crippen LogP contribution in [0.4, 0.5) is 4.39 Å². The quantitative estimate of drug-likeness (QED) is 0.101. The number of hydrogen-bond acceptors (Lipinski definition) is 5. The Kier molecular flexibility index (Phi) is 12.7. The van der Waals surface area contributed by atoms with Crippen molar-refractivity contribution < 1.29 is 18.7 Å². The second-order valence-corrected chi connectivity index (χ2v) is 9.75. The lowest BCUT2D eigenvalue weighted by Gasteiger charge is -2.09. The molecule has 3 aromatic rings. The number of unbranched alkanes of at least 4 members (excludes halogenated alkanes) is 9. The molecule has 0 atom stereocenters. The summed E-state index contributed by atoms with van der Waals surface area (Å²) in [4.78, 5) is 21.5. The van der Waals surface area contributed by atoms with Gasteiger partial charge in [0.1, 0.15) is 5.75 Å². The first-order valence-electron chi connectivity index (χ1n) is 14.2. The molecule has 0 N–H and O–H groups in total. The fraction of sp³-hybridized carbons (Fsp3) is 0.469. The zero-order chi connectivity index (χ0) is 27.0. The third-order valence-electron chi connectivity index (χ3n) is 6.52. The van der Waals surface area contributed by atoms with Gasteiger partial charge in [-0.2, -0.15) is 0 Å². The molecule has 0 unspecified atom stereocenters. The number of aryl methyl sites for hydroxylation is 1. The van der Waals surface area contributed by atoms with E-state index >= 15 is 0 Å². The number of halogens is 1. The van der Waals surface area contributed by atoms with E-state index < -0.39 is 11.8 Å². The van der Waals surface area contributed by atoms with Crippen molar-refractivity contribution in [2.45, 2.75) is 90.9 Å². The molecule has 0 aliphatic carbocycles. The molecule has 5 nitrogen and oxygen atoms in total. The molecule has 204 valence electrons. The van der Waals surface area contributed by atoms with Gasteiger partial charge in [0.2, 0.25) is 0 Å². The first-order chi connectivity index (χ1) is 18.6. The Hall–Kier alpha value is -3.28. The Morgan fingerprint density at radius 3 is 2.08 bits per heavy atom. The SMILES string of the molecule is CCCCCCCCCOc1ccc(C(=O)Oc2ccc(-c3ncc(CCCCCC)cn3)cc2)cc1F. The molecule has 1 aromatic heterocycles. The highest BCUT2D eigenvalue weighted by molar-refractivity contribution is 5.91. The van der Waals surface area contributed by atoms with E-state index in [0.29, 0.717) is 18.2 Å². The summed E-state index contributed by atoms with van der Waals surface area (Å²) in [5.41, 5.74) is 2.10. The Bertz CT molecular complexity index is 1100. The van der Waals surface area contributed by atoms with Crippen LogP contribution in [0, 0.1) is 5.82 Å². The smallest absolute Gasteiger partial charge is 0.343 e. The van der Waals surface area contributed by atoms with Gasteiger partial charge in [0.25, 0.3) is 0 Å². The van der Waals surface area contributed by atoms with Crippen LogP contribution in [0.3, 0.4) is 0 Å². The molecular weight excluding hydrogens is 479 g/mol. The number of esters is 1. The van der Waals surface area contributed by atoms with Crippen molar-refractivity contribution in [3.63, 3.8) is 0 Å². The molecule has 0 bridgehead atoms. The van der Waals surface area contributed by atoms with Gasteiger partial charge in [0.15, 0.2) is 17.4 Å². The summed E-state index contributed by atoms with van der Waals surface area (Å²) in [6, 6.07) is 11.2. The lowest BCUT2D eigenvalue weighted by molar-refractivity contribution is 0.0734. The van der Waals surface area contributed by atoms with E-state index in [0.717, 1.165) is 42.9 Å². The minimum atomic E-state index is -0.626. The average molecular weight is 521 g/mol. The third kappa shape index (κ3) is 9.88. The highest BCUT2D eigenvalue weighted by atomic mass is 19.1. The van der Waals surface area contributed by atoms with Crippen LogP contribution in [-0.2, 0) is 6.42 Å². The number of rotatable bonds is 17. The second-order valence-electron chi connectivity index (χ2n) is 9.75. The van der Waals surface area contributed by atoms with Crippen LogP contribution in [0.2, 0.25) is 0 Å². The van der Waals surface area contributed by atoms with Gasteiger partial charge in [0.05, 0.1) is 12.2 Å². The second kappa shape index (κ2) is 16.5. The number of carbonyl (C=O) groups is 1. The molecule has 0 amide bonds. The van der Waals surface area contributed by atoms with Gasteiger partial charge in [-0.15, -0.1) is 0 Å². The van der Waals surface area contributed by atoms with Gasteiger partial charge >= 0.3 is 5.97 Å². The van der Waals surface area contributed by atoms with Crippen molar-refractivity contribution in [3.05, 3.63) is 71.8 Å². The standard InChI is InChI=1S/C32H41FN2O3/c1-3-5-7-9-10-11-13-21-37-30-20-17-27(22-29(30)33)32(36)38-28-18-15-26(16-19-28)31-34-23-25(24-35-31)14-12-8-6-4-2/h15-20,22-24H,3-14,21H2,1-2H3. The van der Waals surface area contributed by atoms with Crippen molar-refractivity contribution in [2.75, 3.05) is 6.61 Å². The van der Waals surface area contributed by atoms with E-state index in [1.807, 2.05) is 12.4 Å². The monoisotopic (exact) mass is 520 g/mol. The summed E-state index contributed by atoms with van der Waals surface area (Å²) in [5, 5.41) is 0. The molecule has 0 aliphatic rings. The fourth-order valence-electron chi connectivity index (χ4n) is 4.21. The molecule has 3 rings (SSSR count). The predicted octanol–water partition coefficient (Wildman–Crippen LogP) is 8.75. The Balaban J connectivity index is 1.45. The number of ether oxygens (including phenoxy) is 2. The molecule has 0 radical (unpaired) electrons. The summed E-state index contributed by atoms with van der Waals surface area (Å²) in [6.07, 6.45) is 17.8. The largest absolute Gasteiger partial charge is 0.491 e. The fourth-order valence-corrected chi connectivity index (χ4v) is 4.21. The molecule has 6 heteroatoms. The zero-order valence-corrected chi connectivity index (χ0v) is 22.9. The maximum Gasteiger partial charge on any atom is 0.343 e. The molecule has 1 heterocycles. The summed E-state index contributed by atoms with van der Waals surface area (Å²) >= 11 is 0. The third-order valence-corrected chi connectivity index (χ3v) is 6.52. The number of carbonyl (C=O) groups excluding carboxylic acids is 1. The van der Waals surface area contributed by atoms with Gasteiger partial charge in [-0.05, 0) is 67.3 Å². The van der Waals surface area contributed by atoms with E-state index in [9.17, 15) is 9.18 Å². The summed E-state index contributed by atoms with van der Waals surface area (Å²) < 4.78 is 25.5. The van der Waals surface area contributed by atoms with E-state index in [2.05, 4.69) is 23.8 Å². The highest BCUT2D eigenvalue weighted by Crippen LogP contribution is 2.23. The lowest BCUT2D eigenvalue weighted by atomic mass is 10.1. The van der Waals surface area contributed by atoms with Crippen LogP contribution in [-0.4, -0.2) is 22.5 Å². The first-order valence-corrected chi connectivity index (χ1v) is 14.2. The Morgan fingerprint density at radius 1 is 0.789 bits per heavy atom. The predicted molar refractivity (Wildman–Crippen MR) is 150 cm³/mol. The van der Waals surface area contributed by atoms with Crippen molar-refractivity contribution in [2.24, 2.45) is 0 Å². The first kappa shape index (κ1) is 29.3. The maximum atomic E-state index is 14.5. The molecular formula is C32H41FN2O3. The van der Waals surface area contributed by atoms with E-state index in [4.69, 9.17) is 9.47 Å². The van der Waals surface area contributed by atoms with Crippen LogP contribution in [0.5, 0.6) is 11.5 Å². The van der Waals surface area contributed by atoms with Gasteiger partial charge in [-0.3, -0.25) is 0 Å². The highest BCUT2D eigenvalue weighted by Gasteiger charge is 2.13. The molecule has 38 heavy (non-hydrogen) atoms. The maximum absolute atomic E-state index is 14.5. The van der Waals surface area contributed by atoms with E-state index in [-0.39, 0.29) is 11.3 Å². The van der Waals surface area contributed by atoms with Gasteiger partial charge < -0.3 is 9.47 Å². The topological polar surface area (TPSA) is 61.3 Å². The lowest BCUT2D eigenvalue weighted by Crippen LogP contribution is -2.09. The zero-order valence-electron chi connectivity index (χ0n) is 22.9. The Morgan fingerprint density at radius 2 is 1.42 bits per heavy atom. The number of benzene rings is 2. The number of nitrogens with zero attached hydrogens (tertiary/aromatic N) is 2. The molecule has 0 spiro atoms. The molecule has 0 aliphatic heterocycles. The minimum Gasteiger partial charge on any atom is -0.491 e. The molecule has 2 aromatic carbocycles. The van der Waals surface area contributed by atoms with Crippen LogP contribution < -0.4 is 9.47 Å². The van der Waals surface area contributed by atoms with Crippen molar-refractivity contribution in [1.82, 2.24) is 9.97 Å². The van der Waals surface area contributed by atoms with Crippen LogP contribution in [0.1, 0.15) is 100 Å². The van der Waals surface area contributed by atoms with E-state index in [1.54, 1.807) is 24.3 Å². The minimum absolute atomic E-state index is 0.132. The van der Waals surface area contributed by atoms with Crippen molar-refractivity contribution in [3.8, 4) is 22.9 Å². The molecule has 0 saturated carbocycles. The molecule has 0 saturated heterocycles. The van der Waals surface area contributed by atoms with E-state index in [1.165, 1.54) is 63.5 Å². The van der Waals surface area contributed by atoms with Crippen LogP contribution in [0.25, 0.3) is 11.4 Å². The summed E-state index contributed by atoms with van der Waals surface area (Å²) in [7, 11) is 0. The average Bonchev–Trinajstić information content (AvgIpc) is 2.94. The normalized spacial score (nSPS) is 10.9. The van der Waals surface area contributed by atoms with Gasteiger partial charge in [-0.25, -0.2) is 19.2 Å². The van der Waals surface area contributed by atoms with Gasteiger partial charge in [0, 0.05) is 18.0 Å². The summed E-state index contributed by atoms with van der Waals surface area (Å²) in [6.45, 7) is 4.87. The van der Waals surface area contributed by atoms with Crippen LogP contribution >= 0.6 is 0 Å². The van der Waals surface area contributed by atoms with Crippen LogP contribution in [0.15, 0.2) is 54.9 Å². The Labute approximate surface area is 226 Å². The van der Waals surface area contributed by atoms with Crippen molar-refractivity contribution in [1.29, 1.82) is 0 Å².